The molecule has 0 radical (unpaired) electrons. The Morgan fingerprint density at radius 3 is 2.82 bits per heavy atom. The highest BCUT2D eigenvalue weighted by Gasteiger charge is 2.38. The Balaban J connectivity index is 2.34. The molecule has 6 nitrogen and oxygen atoms in total. The van der Waals surface area contributed by atoms with Crippen LogP contribution in [-0.2, 0) is 15.3 Å². The van der Waals surface area contributed by atoms with Crippen molar-refractivity contribution in [2.24, 2.45) is 0 Å². The van der Waals surface area contributed by atoms with Gasteiger partial charge in [-0.25, -0.2) is 18.2 Å². The van der Waals surface area contributed by atoms with Gasteiger partial charge in [0.15, 0.2) is 9.84 Å². The van der Waals surface area contributed by atoms with Gasteiger partial charge in [0, 0.05) is 17.3 Å². The molecule has 1 aliphatic rings. The smallest absolute Gasteiger partial charge is 0.371 e. The zero-order valence-electron chi connectivity index (χ0n) is 9.43. The van der Waals surface area contributed by atoms with Crippen molar-refractivity contribution in [1.82, 2.24) is 9.97 Å². The molecular formula is C10H14N2O4S. The van der Waals surface area contributed by atoms with E-state index < -0.39 is 21.2 Å². The molecule has 0 spiro atoms. The molecule has 1 aromatic heterocycles. The molecule has 0 amide bonds. The summed E-state index contributed by atoms with van der Waals surface area (Å²) in [5.74, 6) is -1.04. The zero-order chi connectivity index (χ0) is 12.7. The normalized spacial score (nSPS) is 27.8. The summed E-state index contributed by atoms with van der Waals surface area (Å²) >= 11 is 0. The molecule has 2 N–H and O–H groups in total. The van der Waals surface area contributed by atoms with Gasteiger partial charge < -0.3 is 10.1 Å². The Labute approximate surface area is 99.0 Å². The number of aromatic carboxylic acids is 1. The molecule has 2 heterocycles. The number of rotatable bonds is 2. The lowest BCUT2D eigenvalue weighted by Gasteiger charge is -2.31. The van der Waals surface area contributed by atoms with E-state index in [9.17, 15) is 13.2 Å². The van der Waals surface area contributed by atoms with E-state index in [2.05, 4.69) is 9.97 Å². The predicted molar refractivity (Wildman–Crippen MR) is 60.8 cm³/mol. The van der Waals surface area contributed by atoms with Crippen LogP contribution in [0.15, 0.2) is 6.20 Å². The molecule has 1 atom stereocenters. The van der Waals surface area contributed by atoms with Gasteiger partial charge in [0.05, 0.1) is 11.5 Å². The lowest BCUT2D eigenvalue weighted by Crippen LogP contribution is -2.37. The minimum Gasteiger partial charge on any atom is -0.475 e. The lowest BCUT2D eigenvalue weighted by molar-refractivity contribution is 0.0684. The maximum absolute atomic E-state index is 11.6. The average Bonchev–Trinajstić information content (AvgIpc) is 2.64. The molecule has 0 aliphatic carbocycles. The van der Waals surface area contributed by atoms with Crippen molar-refractivity contribution in [2.75, 3.05) is 11.5 Å². The fourth-order valence-corrected chi connectivity index (χ4v) is 4.26. The van der Waals surface area contributed by atoms with E-state index >= 15 is 0 Å². The monoisotopic (exact) mass is 258 g/mol. The van der Waals surface area contributed by atoms with Gasteiger partial charge in [-0.1, -0.05) is 6.92 Å². The molecule has 94 valence electrons. The van der Waals surface area contributed by atoms with Gasteiger partial charge in [0.25, 0.3) is 0 Å². The molecule has 1 aliphatic heterocycles. The van der Waals surface area contributed by atoms with Crippen molar-refractivity contribution in [2.45, 2.75) is 25.2 Å². The van der Waals surface area contributed by atoms with Crippen LogP contribution in [0.25, 0.3) is 0 Å². The molecule has 17 heavy (non-hydrogen) atoms. The summed E-state index contributed by atoms with van der Waals surface area (Å²) in [6.45, 7) is 1.82. The van der Waals surface area contributed by atoms with Crippen LogP contribution < -0.4 is 0 Å². The maximum atomic E-state index is 11.6. The van der Waals surface area contributed by atoms with Crippen LogP contribution >= 0.6 is 0 Å². The third kappa shape index (κ3) is 2.33. The minimum absolute atomic E-state index is 0.0429. The number of H-pyrrole nitrogens is 1. The third-order valence-electron chi connectivity index (χ3n) is 3.15. The highest BCUT2D eigenvalue weighted by molar-refractivity contribution is 7.91. The Bertz CT molecular complexity index is 548. The molecule has 0 saturated carbocycles. The number of hydrogen-bond acceptors (Lipinski definition) is 4. The minimum atomic E-state index is -3.04. The molecule has 1 saturated heterocycles. The molecular weight excluding hydrogens is 244 g/mol. The first-order valence-electron chi connectivity index (χ1n) is 5.32. The third-order valence-corrected chi connectivity index (χ3v) is 5.14. The van der Waals surface area contributed by atoms with Crippen LogP contribution in [0.2, 0.25) is 0 Å². The highest BCUT2D eigenvalue weighted by atomic mass is 32.2. The number of aromatic nitrogens is 2. The van der Waals surface area contributed by atoms with Crippen molar-refractivity contribution < 1.29 is 18.3 Å². The summed E-state index contributed by atoms with van der Waals surface area (Å²) in [6, 6.07) is 0. The van der Waals surface area contributed by atoms with E-state index in [1.165, 1.54) is 6.20 Å². The summed E-state index contributed by atoms with van der Waals surface area (Å²) < 4.78 is 23.3. The first kappa shape index (κ1) is 12.1. The summed E-state index contributed by atoms with van der Waals surface area (Å²) in [5.41, 5.74) is 0.0239. The fourth-order valence-electron chi connectivity index (χ4n) is 2.26. The summed E-state index contributed by atoms with van der Waals surface area (Å²) in [4.78, 5) is 17.1. The summed E-state index contributed by atoms with van der Waals surface area (Å²) in [7, 11) is -3.04. The molecule has 1 fully saturated rings. The van der Waals surface area contributed by atoms with Crippen LogP contribution in [-0.4, -0.2) is 41.0 Å². The predicted octanol–water partition coefficient (Wildman–Crippen LogP) is 0.574. The molecule has 7 heteroatoms. The van der Waals surface area contributed by atoms with E-state index in [1.54, 1.807) is 0 Å². The Hall–Kier alpha value is -1.37. The topological polar surface area (TPSA) is 100 Å². The Kier molecular flexibility index (Phi) is 2.73. The van der Waals surface area contributed by atoms with Crippen molar-refractivity contribution in [1.29, 1.82) is 0 Å². The van der Waals surface area contributed by atoms with Gasteiger partial charge in [-0.2, -0.15) is 0 Å². The van der Waals surface area contributed by atoms with Crippen LogP contribution in [0.5, 0.6) is 0 Å². The summed E-state index contributed by atoms with van der Waals surface area (Å²) in [5, 5.41) is 8.77. The van der Waals surface area contributed by atoms with Crippen LogP contribution in [0.4, 0.5) is 0 Å². The summed E-state index contributed by atoms with van der Waals surface area (Å²) in [6.07, 6.45) is 2.73. The number of nitrogens with zero attached hydrogens (tertiary/aromatic N) is 1. The fraction of sp³-hybridized carbons (Fsp3) is 0.600. The molecule has 1 unspecified atom stereocenters. The van der Waals surface area contributed by atoms with Crippen LogP contribution in [0.3, 0.4) is 0 Å². The van der Waals surface area contributed by atoms with Crippen molar-refractivity contribution >= 4 is 15.8 Å². The zero-order valence-corrected chi connectivity index (χ0v) is 10.2. The molecule has 2 rings (SSSR count). The van der Waals surface area contributed by atoms with E-state index in [1.807, 2.05) is 6.92 Å². The number of carboxylic acid groups (broad SMARTS) is 1. The molecule has 1 aromatic rings. The lowest BCUT2D eigenvalue weighted by atomic mass is 9.84. The van der Waals surface area contributed by atoms with Gasteiger partial charge in [-0.3, -0.25) is 0 Å². The van der Waals surface area contributed by atoms with Gasteiger partial charge >= 0.3 is 5.97 Å². The SMILES string of the molecule is CC1(c2cnc(C(=O)O)[nH]2)CCCS(=O)(=O)C1. The van der Waals surface area contributed by atoms with Crippen molar-refractivity contribution in [3.8, 4) is 0 Å². The Morgan fingerprint density at radius 2 is 2.29 bits per heavy atom. The van der Waals surface area contributed by atoms with Gasteiger partial charge in [-0.05, 0) is 12.8 Å². The number of hydrogen-bond donors (Lipinski definition) is 2. The average molecular weight is 258 g/mol. The van der Waals surface area contributed by atoms with Gasteiger partial charge in [-0.15, -0.1) is 0 Å². The second kappa shape index (κ2) is 3.83. The van der Waals surface area contributed by atoms with E-state index in [0.29, 0.717) is 18.5 Å². The molecule has 0 aromatic carbocycles. The van der Waals surface area contributed by atoms with E-state index in [4.69, 9.17) is 5.11 Å². The number of carboxylic acids is 1. The second-order valence-electron chi connectivity index (χ2n) is 4.71. The van der Waals surface area contributed by atoms with Gasteiger partial charge in [0.1, 0.15) is 0 Å². The highest BCUT2D eigenvalue weighted by Crippen LogP contribution is 2.33. The van der Waals surface area contributed by atoms with E-state index in [-0.39, 0.29) is 17.3 Å². The molecule has 0 bridgehead atoms. The Morgan fingerprint density at radius 1 is 1.59 bits per heavy atom. The number of sulfone groups is 1. The number of aromatic amines is 1. The maximum Gasteiger partial charge on any atom is 0.371 e. The largest absolute Gasteiger partial charge is 0.475 e. The van der Waals surface area contributed by atoms with Crippen molar-refractivity contribution in [3.05, 3.63) is 17.7 Å². The first-order valence-corrected chi connectivity index (χ1v) is 7.14. The first-order chi connectivity index (χ1) is 7.82. The van der Waals surface area contributed by atoms with Gasteiger partial charge in [0.2, 0.25) is 5.82 Å². The quantitative estimate of drug-likeness (QED) is 0.808. The van der Waals surface area contributed by atoms with E-state index in [0.717, 1.165) is 0 Å². The standard InChI is InChI=1S/C10H14N2O4S/c1-10(3-2-4-17(15,16)6-10)7-5-11-8(12-7)9(13)14/h5H,2-4,6H2,1H3,(H,11,12)(H,13,14). The number of carbonyl (C=O) groups is 1. The second-order valence-corrected chi connectivity index (χ2v) is 6.89. The van der Waals surface area contributed by atoms with Crippen LogP contribution in [0.1, 0.15) is 36.1 Å². The van der Waals surface area contributed by atoms with Crippen LogP contribution in [0, 0.1) is 0 Å². The number of imidazole rings is 1. The van der Waals surface area contributed by atoms with Crippen molar-refractivity contribution in [3.63, 3.8) is 0 Å². The number of nitrogens with one attached hydrogen (secondary N) is 1.